The van der Waals surface area contributed by atoms with Crippen molar-refractivity contribution in [3.8, 4) is 0 Å². The van der Waals surface area contributed by atoms with E-state index in [2.05, 4.69) is 16.6 Å². The number of hydrogen-bond acceptors (Lipinski definition) is 5. The normalized spacial score (nSPS) is 26.1. The van der Waals surface area contributed by atoms with Crippen LogP contribution in [0.1, 0.15) is 0 Å². The Kier molecular flexibility index (Phi) is 4.11. The number of amides is 1. The quantitative estimate of drug-likeness (QED) is 0.655. The van der Waals surface area contributed by atoms with Gasteiger partial charge in [-0.15, -0.1) is 0 Å². The van der Waals surface area contributed by atoms with E-state index in [-0.39, 0.29) is 12.4 Å². The number of alkyl carbamates (subject to hydrolysis) is 1. The Bertz CT molecular complexity index is 429. The van der Waals surface area contributed by atoms with Crippen LogP contribution < -0.4 is 5.32 Å². The maximum atomic E-state index is 11.3. The maximum Gasteiger partial charge on any atom is 0.407 e. The maximum absolute atomic E-state index is 11.3. The first-order valence-electron chi connectivity index (χ1n) is 4.83. The van der Waals surface area contributed by atoms with Gasteiger partial charge in [0.2, 0.25) is 0 Å². The molecular weight excluding hydrogens is 250 g/mol. The number of aliphatic carboxylic acids is 1. The highest BCUT2D eigenvalue weighted by atomic mass is 32.2. The fourth-order valence-electron chi connectivity index (χ4n) is 1.56. The average Bonchev–Trinajstić information content (AvgIpc) is 2.50. The van der Waals surface area contributed by atoms with Gasteiger partial charge >= 0.3 is 12.1 Å². The van der Waals surface area contributed by atoms with E-state index in [1.807, 2.05) is 0 Å². The molecule has 2 atom stereocenters. The van der Waals surface area contributed by atoms with Gasteiger partial charge in [-0.05, 0) is 0 Å². The average molecular weight is 263 g/mol. The van der Waals surface area contributed by atoms with Gasteiger partial charge in [-0.25, -0.2) is 13.2 Å². The molecule has 7 nitrogen and oxygen atoms in total. The zero-order chi connectivity index (χ0) is 13.1. The van der Waals surface area contributed by atoms with Gasteiger partial charge in [0.05, 0.1) is 23.5 Å². The summed E-state index contributed by atoms with van der Waals surface area (Å²) >= 11 is 0. The molecule has 0 bridgehead atoms. The summed E-state index contributed by atoms with van der Waals surface area (Å²) < 4.78 is 27.2. The zero-order valence-corrected chi connectivity index (χ0v) is 9.77. The summed E-state index contributed by atoms with van der Waals surface area (Å²) in [5, 5.41) is 11.1. The summed E-state index contributed by atoms with van der Waals surface area (Å²) in [7, 11) is -3.43. The molecule has 1 rings (SSSR count). The Hall–Kier alpha value is -1.57. The molecule has 1 aliphatic heterocycles. The van der Waals surface area contributed by atoms with Gasteiger partial charge in [0.25, 0.3) is 0 Å². The van der Waals surface area contributed by atoms with Crippen molar-refractivity contribution in [2.24, 2.45) is 5.92 Å². The Morgan fingerprint density at radius 2 is 2.12 bits per heavy atom. The predicted molar refractivity (Wildman–Crippen MR) is 58.2 cm³/mol. The zero-order valence-electron chi connectivity index (χ0n) is 8.96. The van der Waals surface area contributed by atoms with E-state index in [9.17, 15) is 18.0 Å². The molecule has 0 aliphatic carbocycles. The van der Waals surface area contributed by atoms with Crippen LogP contribution in [0.3, 0.4) is 0 Å². The van der Waals surface area contributed by atoms with E-state index < -0.39 is 39.6 Å². The Morgan fingerprint density at radius 1 is 1.47 bits per heavy atom. The van der Waals surface area contributed by atoms with E-state index in [0.29, 0.717) is 0 Å². The third kappa shape index (κ3) is 3.74. The highest BCUT2D eigenvalue weighted by Crippen LogP contribution is 2.19. The molecule has 0 unspecified atom stereocenters. The second kappa shape index (κ2) is 5.17. The second-order valence-electron chi connectivity index (χ2n) is 3.66. The van der Waals surface area contributed by atoms with Gasteiger partial charge in [0.15, 0.2) is 9.84 Å². The van der Waals surface area contributed by atoms with Crippen LogP contribution in [0.15, 0.2) is 12.7 Å². The second-order valence-corrected chi connectivity index (χ2v) is 5.81. The van der Waals surface area contributed by atoms with E-state index in [0.717, 1.165) is 0 Å². The van der Waals surface area contributed by atoms with Crippen LogP contribution in [0, 0.1) is 5.92 Å². The van der Waals surface area contributed by atoms with Crippen LogP contribution >= 0.6 is 0 Å². The van der Waals surface area contributed by atoms with E-state index in [1.54, 1.807) is 0 Å². The molecule has 96 valence electrons. The number of rotatable bonds is 4. The lowest BCUT2D eigenvalue weighted by molar-refractivity contribution is -0.141. The van der Waals surface area contributed by atoms with Crippen LogP contribution in [0.4, 0.5) is 4.79 Å². The first-order valence-corrected chi connectivity index (χ1v) is 6.65. The number of hydrogen-bond donors (Lipinski definition) is 2. The summed E-state index contributed by atoms with van der Waals surface area (Å²) in [5.74, 6) is -3.22. The summed E-state index contributed by atoms with van der Waals surface area (Å²) in [6.45, 7) is 3.31. The third-order valence-corrected chi connectivity index (χ3v) is 4.04. The van der Waals surface area contributed by atoms with Gasteiger partial charge in [-0.3, -0.25) is 4.79 Å². The van der Waals surface area contributed by atoms with E-state index in [1.165, 1.54) is 6.08 Å². The molecule has 2 N–H and O–H groups in total. The lowest BCUT2D eigenvalue weighted by Gasteiger charge is -2.15. The molecule has 1 fully saturated rings. The SMILES string of the molecule is C=CCOC(=O)N[C@@H]1CS(=O)(=O)C[C@H]1C(=O)O. The number of ether oxygens (including phenoxy) is 1. The molecule has 0 radical (unpaired) electrons. The summed E-state index contributed by atoms with van der Waals surface area (Å²) in [5.41, 5.74) is 0. The van der Waals surface area contributed by atoms with Gasteiger partial charge in [0, 0.05) is 0 Å². The Labute approximate surface area is 98.4 Å². The standard InChI is InChI=1S/C9H13NO6S/c1-2-3-16-9(13)10-7-5-17(14,15)4-6(7)8(11)12/h2,6-7H,1,3-5H2,(H,10,13)(H,11,12)/t6-,7-/m1/s1. The van der Waals surface area contributed by atoms with Crippen LogP contribution in [0.25, 0.3) is 0 Å². The molecule has 0 saturated carbocycles. The topological polar surface area (TPSA) is 110 Å². The van der Waals surface area contributed by atoms with Crippen molar-refractivity contribution in [2.75, 3.05) is 18.1 Å². The van der Waals surface area contributed by atoms with E-state index >= 15 is 0 Å². The third-order valence-electron chi connectivity index (χ3n) is 2.31. The molecule has 0 spiro atoms. The highest BCUT2D eigenvalue weighted by molar-refractivity contribution is 7.91. The largest absolute Gasteiger partial charge is 0.481 e. The van der Waals surface area contributed by atoms with E-state index in [4.69, 9.17) is 5.11 Å². The number of carbonyl (C=O) groups excluding carboxylic acids is 1. The summed E-state index contributed by atoms with van der Waals surface area (Å²) in [6, 6.07) is -0.949. The van der Waals surface area contributed by atoms with Gasteiger partial charge in [-0.2, -0.15) is 0 Å². The highest BCUT2D eigenvalue weighted by Gasteiger charge is 2.43. The molecular formula is C9H13NO6S. The summed E-state index contributed by atoms with van der Waals surface area (Å²) in [6.07, 6.45) is 0.498. The molecule has 1 aliphatic rings. The monoisotopic (exact) mass is 263 g/mol. The molecule has 1 saturated heterocycles. The van der Waals surface area contributed by atoms with Gasteiger partial charge in [0.1, 0.15) is 6.61 Å². The Morgan fingerprint density at radius 3 is 2.65 bits per heavy atom. The van der Waals surface area contributed by atoms with Crippen LogP contribution in [0.5, 0.6) is 0 Å². The van der Waals surface area contributed by atoms with Crippen molar-refractivity contribution in [3.63, 3.8) is 0 Å². The minimum Gasteiger partial charge on any atom is -0.481 e. The Balaban J connectivity index is 2.65. The molecule has 0 aromatic heterocycles. The minimum atomic E-state index is -3.43. The first kappa shape index (κ1) is 13.5. The molecule has 17 heavy (non-hydrogen) atoms. The van der Waals surface area contributed by atoms with Crippen molar-refractivity contribution in [1.82, 2.24) is 5.32 Å². The van der Waals surface area contributed by atoms with Gasteiger partial charge < -0.3 is 15.2 Å². The molecule has 0 aromatic carbocycles. The van der Waals surface area contributed by atoms with Crippen LogP contribution in [-0.2, 0) is 19.4 Å². The minimum absolute atomic E-state index is 0.0248. The predicted octanol–water partition coefficient (Wildman–Crippen LogP) is -0.604. The smallest absolute Gasteiger partial charge is 0.407 e. The molecule has 1 amide bonds. The van der Waals surface area contributed by atoms with Crippen molar-refractivity contribution in [2.45, 2.75) is 6.04 Å². The lowest BCUT2D eigenvalue weighted by Crippen LogP contribution is -2.43. The first-order chi connectivity index (χ1) is 7.85. The van der Waals surface area contributed by atoms with Crippen molar-refractivity contribution in [3.05, 3.63) is 12.7 Å². The number of carbonyl (C=O) groups is 2. The van der Waals surface area contributed by atoms with Crippen molar-refractivity contribution < 1.29 is 27.9 Å². The lowest BCUT2D eigenvalue weighted by atomic mass is 10.1. The summed E-state index contributed by atoms with van der Waals surface area (Å²) in [4.78, 5) is 22.0. The molecule has 1 heterocycles. The van der Waals surface area contributed by atoms with Crippen LogP contribution in [0.2, 0.25) is 0 Å². The number of carboxylic acids is 1. The van der Waals surface area contributed by atoms with Crippen molar-refractivity contribution >= 4 is 21.9 Å². The molecule has 0 aromatic rings. The van der Waals surface area contributed by atoms with Gasteiger partial charge in [-0.1, -0.05) is 12.7 Å². The fraction of sp³-hybridized carbons (Fsp3) is 0.556. The fourth-order valence-corrected chi connectivity index (χ4v) is 3.48. The van der Waals surface area contributed by atoms with Crippen molar-refractivity contribution in [1.29, 1.82) is 0 Å². The molecule has 8 heteroatoms. The number of carboxylic acid groups (broad SMARTS) is 1. The van der Waals surface area contributed by atoms with Crippen LogP contribution in [-0.4, -0.2) is 49.7 Å². The number of sulfone groups is 1. The number of nitrogens with one attached hydrogen (secondary N) is 1.